The van der Waals surface area contributed by atoms with E-state index in [9.17, 15) is 0 Å². The molecule has 0 saturated carbocycles. The Morgan fingerprint density at radius 2 is 1.85 bits per heavy atom. The van der Waals surface area contributed by atoms with Gasteiger partial charge in [0.25, 0.3) is 0 Å². The molecule has 3 aromatic rings. The van der Waals surface area contributed by atoms with E-state index in [0.717, 1.165) is 41.4 Å². The number of anilines is 1. The number of hydrogen-bond acceptors (Lipinski definition) is 7. The first-order chi connectivity index (χ1) is 12.6. The lowest BCUT2D eigenvalue weighted by atomic mass is 10.1. The molecule has 4 rings (SSSR count). The molecular formula is C19H21N5O2. The molecule has 0 unspecified atom stereocenters. The second kappa shape index (κ2) is 6.84. The predicted molar refractivity (Wildman–Crippen MR) is 97.7 cm³/mol. The van der Waals surface area contributed by atoms with Crippen molar-refractivity contribution in [2.24, 2.45) is 0 Å². The zero-order valence-electron chi connectivity index (χ0n) is 15.1. The van der Waals surface area contributed by atoms with Crippen LogP contribution in [0.15, 0.2) is 41.5 Å². The monoisotopic (exact) mass is 351 g/mol. The topological polar surface area (TPSA) is 77.2 Å². The minimum atomic E-state index is 0.140. The van der Waals surface area contributed by atoms with Gasteiger partial charge in [-0.1, -0.05) is 0 Å². The van der Waals surface area contributed by atoms with Crippen LogP contribution in [0.25, 0.3) is 22.5 Å². The fourth-order valence-electron chi connectivity index (χ4n) is 3.33. The van der Waals surface area contributed by atoms with Crippen molar-refractivity contribution in [1.82, 2.24) is 19.9 Å². The van der Waals surface area contributed by atoms with E-state index >= 15 is 0 Å². The number of hydrogen-bond donors (Lipinski definition) is 0. The maximum absolute atomic E-state index is 5.82. The van der Waals surface area contributed by atoms with E-state index in [0.29, 0.717) is 5.95 Å². The highest BCUT2D eigenvalue weighted by Crippen LogP contribution is 2.33. The molecule has 1 saturated heterocycles. The van der Waals surface area contributed by atoms with Gasteiger partial charge < -0.3 is 14.1 Å². The van der Waals surface area contributed by atoms with Gasteiger partial charge in [-0.15, -0.1) is 0 Å². The van der Waals surface area contributed by atoms with Crippen molar-refractivity contribution in [2.75, 3.05) is 18.0 Å². The van der Waals surface area contributed by atoms with Gasteiger partial charge in [-0.05, 0) is 26.8 Å². The molecule has 1 aliphatic heterocycles. The number of morpholine rings is 1. The fourth-order valence-corrected chi connectivity index (χ4v) is 3.33. The molecular weight excluding hydrogens is 330 g/mol. The summed E-state index contributed by atoms with van der Waals surface area (Å²) in [5.74, 6) is 1.50. The standard InChI is InChI=1S/C19H21N5O2/c1-12-10-24(11-13(2)26-12)19-22-8-16(17-9-20-5-6-21-17)18(23-19)15-4-7-25-14(15)3/h4-9,12-13H,10-11H2,1-3H3/t12-,13+. The van der Waals surface area contributed by atoms with Gasteiger partial charge in [0, 0.05) is 42.8 Å². The summed E-state index contributed by atoms with van der Waals surface area (Å²) in [5, 5.41) is 0. The Morgan fingerprint density at radius 1 is 1.04 bits per heavy atom. The molecule has 7 heteroatoms. The van der Waals surface area contributed by atoms with E-state index < -0.39 is 0 Å². The maximum atomic E-state index is 5.82. The molecule has 134 valence electrons. The van der Waals surface area contributed by atoms with Crippen molar-refractivity contribution in [2.45, 2.75) is 33.0 Å². The quantitative estimate of drug-likeness (QED) is 0.717. The first-order valence-electron chi connectivity index (χ1n) is 8.70. The summed E-state index contributed by atoms with van der Waals surface area (Å²) < 4.78 is 11.3. The molecule has 7 nitrogen and oxygen atoms in total. The number of furan rings is 1. The van der Waals surface area contributed by atoms with Crippen LogP contribution in [0.4, 0.5) is 5.95 Å². The molecule has 0 spiro atoms. The average Bonchev–Trinajstić information content (AvgIpc) is 3.07. The molecule has 0 radical (unpaired) electrons. The number of aryl methyl sites for hydroxylation is 1. The summed E-state index contributed by atoms with van der Waals surface area (Å²) >= 11 is 0. The third kappa shape index (κ3) is 3.17. The van der Waals surface area contributed by atoms with Gasteiger partial charge in [-0.2, -0.15) is 0 Å². The summed E-state index contributed by atoms with van der Waals surface area (Å²) in [7, 11) is 0. The van der Waals surface area contributed by atoms with Crippen molar-refractivity contribution in [3.05, 3.63) is 42.9 Å². The average molecular weight is 351 g/mol. The zero-order chi connectivity index (χ0) is 18.1. The van der Waals surface area contributed by atoms with Crippen molar-refractivity contribution >= 4 is 5.95 Å². The van der Waals surface area contributed by atoms with Crippen LogP contribution < -0.4 is 4.90 Å². The highest BCUT2D eigenvalue weighted by Gasteiger charge is 2.25. The van der Waals surface area contributed by atoms with E-state index in [1.54, 1.807) is 24.9 Å². The molecule has 0 amide bonds. The van der Waals surface area contributed by atoms with Crippen LogP contribution in [0.1, 0.15) is 19.6 Å². The van der Waals surface area contributed by atoms with Gasteiger partial charge in [0.1, 0.15) is 5.76 Å². The first-order valence-corrected chi connectivity index (χ1v) is 8.70. The van der Waals surface area contributed by atoms with Crippen LogP contribution in [0.2, 0.25) is 0 Å². The van der Waals surface area contributed by atoms with Crippen molar-refractivity contribution < 1.29 is 9.15 Å². The van der Waals surface area contributed by atoms with E-state index in [2.05, 4.69) is 33.7 Å². The zero-order valence-corrected chi connectivity index (χ0v) is 15.1. The lowest BCUT2D eigenvalue weighted by Gasteiger charge is -2.35. The van der Waals surface area contributed by atoms with Crippen LogP contribution in [0.3, 0.4) is 0 Å². The number of ether oxygens (including phenoxy) is 1. The van der Waals surface area contributed by atoms with Crippen LogP contribution in [0.5, 0.6) is 0 Å². The van der Waals surface area contributed by atoms with E-state index in [1.807, 2.05) is 19.2 Å². The molecule has 2 atom stereocenters. The Labute approximate surface area is 152 Å². The SMILES string of the molecule is Cc1occc1-c1nc(N2C[C@@H](C)O[C@@H](C)C2)ncc1-c1cnccn1. The second-order valence-electron chi connectivity index (χ2n) is 6.58. The molecule has 0 aliphatic carbocycles. The van der Waals surface area contributed by atoms with Crippen molar-refractivity contribution in [3.8, 4) is 22.5 Å². The Kier molecular flexibility index (Phi) is 4.38. The molecule has 4 heterocycles. The van der Waals surface area contributed by atoms with Gasteiger partial charge in [0.2, 0.25) is 5.95 Å². The summed E-state index contributed by atoms with van der Waals surface area (Å²) in [6, 6.07) is 1.92. The molecule has 0 aromatic carbocycles. The van der Waals surface area contributed by atoms with Crippen molar-refractivity contribution in [1.29, 1.82) is 0 Å². The summed E-state index contributed by atoms with van der Waals surface area (Å²) in [4.78, 5) is 20.2. The largest absolute Gasteiger partial charge is 0.469 e. The minimum Gasteiger partial charge on any atom is -0.469 e. The summed E-state index contributed by atoms with van der Waals surface area (Å²) in [5.41, 5.74) is 3.30. The Bertz CT molecular complexity index is 886. The molecule has 1 aliphatic rings. The Morgan fingerprint density at radius 3 is 2.50 bits per heavy atom. The predicted octanol–water partition coefficient (Wildman–Crippen LogP) is 3.12. The normalized spacial score (nSPS) is 20.3. The van der Waals surface area contributed by atoms with Crippen LogP contribution >= 0.6 is 0 Å². The van der Waals surface area contributed by atoms with Crippen LogP contribution in [-0.2, 0) is 4.74 Å². The highest BCUT2D eigenvalue weighted by molar-refractivity contribution is 5.79. The first kappa shape index (κ1) is 16.7. The Hall–Kier alpha value is -2.80. The van der Waals surface area contributed by atoms with E-state index in [-0.39, 0.29) is 12.2 Å². The van der Waals surface area contributed by atoms with Crippen LogP contribution in [0, 0.1) is 6.92 Å². The molecule has 1 fully saturated rings. The number of rotatable bonds is 3. The minimum absolute atomic E-state index is 0.140. The molecule has 0 N–H and O–H groups in total. The summed E-state index contributed by atoms with van der Waals surface area (Å²) in [6.07, 6.45) is 8.81. The molecule has 26 heavy (non-hydrogen) atoms. The second-order valence-corrected chi connectivity index (χ2v) is 6.58. The lowest BCUT2D eigenvalue weighted by Crippen LogP contribution is -2.46. The molecule has 0 bridgehead atoms. The maximum Gasteiger partial charge on any atom is 0.226 e. The Balaban J connectivity index is 1.81. The van der Waals surface area contributed by atoms with Gasteiger partial charge in [0.15, 0.2) is 0 Å². The third-order valence-electron chi connectivity index (χ3n) is 4.43. The molecule has 3 aromatic heterocycles. The fraction of sp³-hybridized carbons (Fsp3) is 0.368. The van der Waals surface area contributed by atoms with Gasteiger partial charge in [-0.25, -0.2) is 9.97 Å². The number of nitrogens with zero attached hydrogens (tertiary/aromatic N) is 5. The highest BCUT2D eigenvalue weighted by atomic mass is 16.5. The smallest absolute Gasteiger partial charge is 0.226 e. The van der Waals surface area contributed by atoms with E-state index in [1.165, 1.54) is 0 Å². The van der Waals surface area contributed by atoms with Crippen LogP contribution in [-0.4, -0.2) is 45.2 Å². The lowest BCUT2D eigenvalue weighted by molar-refractivity contribution is -0.00571. The number of aromatic nitrogens is 4. The van der Waals surface area contributed by atoms with Gasteiger partial charge in [0.05, 0.1) is 36.1 Å². The summed E-state index contributed by atoms with van der Waals surface area (Å²) in [6.45, 7) is 7.59. The van der Waals surface area contributed by atoms with Crippen molar-refractivity contribution in [3.63, 3.8) is 0 Å². The third-order valence-corrected chi connectivity index (χ3v) is 4.43. The van der Waals surface area contributed by atoms with Gasteiger partial charge >= 0.3 is 0 Å². The van der Waals surface area contributed by atoms with E-state index in [4.69, 9.17) is 14.1 Å². The van der Waals surface area contributed by atoms with Gasteiger partial charge in [-0.3, -0.25) is 9.97 Å².